The van der Waals surface area contributed by atoms with Gasteiger partial charge in [-0.2, -0.15) is 0 Å². The summed E-state index contributed by atoms with van der Waals surface area (Å²) in [6.45, 7) is 2.30. The number of aliphatic imine (C=N–C) groups is 1. The SMILES string of the molecule is CC1=Nc2ccc(-c3ccn4nc(NC5CC6(C5)CC(F)(F)C6)ncc34)nc2N(CCF)C1. The quantitative estimate of drug-likeness (QED) is 0.606. The van der Waals surface area contributed by atoms with Crippen LogP contribution in [0.2, 0.25) is 0 Å². The molecule has 0 saturated heterocycles. The first kappa shape index (κ1) is 20.4. The van der Waals surface area contributed by atoms with Gasteiger partial charge < -0.3 is 10.2 Å². The van der Waals surface area contributed by atoms with Crippen LogP contribution < -0.4 is 10.2 Å². The third kappa shape index (κ3) is 3.52. The highest BCUT2D eigenvalue weighted by Crippen LogP contribution is 2.62. The Morgan fingerprint density at radius 3 is 2.76 bits per heavy atom. The predicted molar refractivity (Wildman–Crippen MR) is 120 cm³/mol. The number of nitrogens with zero attached hydrogens (tertiary/aromatic N) is 6. The Balaban J connectivity index is 1.22. The third-order valence-electron chi connectivity index (χ3n) is 6.89. The second kappa shape index (κ2) is 7.16. The Morgan fingerprint density at radius 2 is 2.00 bits per heavy atom. The van der Waals surface area contributed by atoms with Crippen LogP contribution in [-0.4, -0.2) is 57.0 Å². The summed E-state index contributed by atoms with van der Waals surface area (Å²) in [6.07, 6.45) is 5.05. The van der Waals surface area contributed by atoms with Crippen LogP contribution in [0.25, 0.3) is 16.8 Å². The molecule has 2 aliphatic carbocycles. The molecule has 172 valence electrons. The first-order valence-electron chi connectivity index (χ1n) is 11.2. The highest BCUT2D eigenvalue weighted by molar-refractivity contribution is 5.94. The van der Waals surface area contributed by atoms with E-state index in [1.54, 1.807) is 10.7 Å². The van der Waals surface area contributed by atoms with E-state index in [2.05, 4.69) is 20.4 Å². The van der Waals surface area contributed by atoms with E-state index in [4.69, 9.17) is 4.98 Å². The van der Waals surface area contributed by atoms with E-state index < -0.39 is 12.6 Å². The predicted octanol–water partition coefficient (Wildman–Crippen LogP) is 4.66. The molecule has 0 radical (unpaired) electrons. The number of aromatic nitrogens is 4. The number of halogens is 3. The molecule has 0 unspecified atom stereocenters. The van der Waals surface area contributed by atoms with Gasteiger partial charge in [-0.05, 0) is 43.4 Å². The van der Waals surface area contributed by atoms with Crippen molar-refractivity contribution < 1.29 is 13.2 Å². The molecular weight excluding hydrogens is 431 g/mol. The minimum atomic E-state index is -2.49. The van der Waals surface area contributed by atoms with Crippen LogP contribution >= 0.6 is 0 Å². The van der Waals surface area contributed by atoms with Gasteiger partial charge in [-0.3, -0.25) is 4.99 Å². The minimum Gasteiger partial charge on any atom is -0.350 e. The zero-order chi connectivity index (χ0) is 22.8. The number of hydrogen-bond donors (Lipinski definition) is 1. The second-order valence-corrected chi connectivity index (χ2v) is 9.60. The van der Waals surface area contributed by atoms with E-state index in [0.29, 0.717) is 18.3 Å². The lowest BCUT2D eigenvalue weighted by molar-refractivity contribution is -0.193. The maximum absolute atomic E-state index is 13.2. The van der Waals surface area contributed by atoms with Crippen molar-refractivity contribution in [2.45, 2.75) is 44.6 Å². The Morgan fingerprint density at radius 1 is 1.18 bits per heavy atom. The van der Waals surface area contributed by atoms with Gasteiger partial charge >= 0.3 is 0 Å². The fraction of sp³-hybridized carbons (Fsp3) is 0.478. The van der Waals surface area contributed by atoms with Crippen LogP contribution in [0, 0.1) is 5.41 Å². The fourth-order valence-electron chi connectivity index (χ4n) is 5.58. The molecule has 1 aliphatic heterocycles. The highest BCUT2D eigenvalue weighted by atomic mass is 19.3. The van der Waals surface area contributed by atoms with Crippen molar-refractivity contribution in [2.75, 3.05) is 30.0 Å². The van der Waals surface area contributed by atoms with Gasteiger partial charge in [0, 0.05) is 42.9 Å². The number of alkyl halides is 3. The van der Waals surface area contributed by atoms with Gasteiger partial charge in [-0.15, -0.1) is 5.10 Å². The van der Waals surface area contributed by atoms with E-state index >= 15 is 0 Å². The summed E-state index contributed by atoms with van der Waals surface area (Å²) in [4.78, 5) is 15.7. The van der Waals surface area contributed by atoms with Gasteiger partial charge in [-0.25, -0.2) is 27.7 Å². The molecule has 0 bridgehead atoms. The number of hydrogen-bond acceptors (Lipinski definition) is 6. The number of nitrogens with one attached hydrogen (secondary N) is 1. The monoisotopic (exact) mass is 455 g/mol. The Bertz CT molecular complexity index is 1250. The van der Waals surface area contributed by atoms with Crippen molar-refractivity contribution in [3.05, 3.63) is 30.6 Å². The second-order valence-electron chi connectivity index (χ2n) is 9.60. The maximum atomic E-state index is 13.2. The fourth-order valence-corrected chi connectivity index (χ4v) is 5.58. The van der Waals surface area contributed by atoms with Gasteiger partial charge in [0.25, 0.3) is 0 Å². The topological polar surface area (TPSA) is 70.7 Å². The lowest BCUT2D eigenvalue weighted by atomic mass is 9.52. The Hall–Kier alpha value is -3.17. The number of fused-ring (bicyclic) bond motifs is 2. The number of anilines is 2. The molecule has 3 aromatic heterocycles. The largest absolute Gasteiger partial charge is 0.350 e. The smallest absolute Gasteiger partial charge is 0.249 e. The van der Waals surface area contributed by atoms with E-state index in [0.717, 1.165) is 41.0 Å². The van der Waals surface area contributed by atoms with Crippen molar-refractivity contribution in [1.29, 1.82) is 0 Å². The lowest BCUT2D eigenvalue weighted by Gasteiger charge is -2.57. The number of pyridine rings is 1. The molecule has 0 aromatic carbocycles. The average Bonchev–Trinajstić information content (AvgIpc) is 3.14. The van der Waals surface area contributed by atoms with Gasteiger partial charge in [-0.1, -0.05) is 0 Å². The lowest BCUT2D eigenvalue weighted by Crippen LogP contribution is -2.57. The molecule has 7 nitrogen and oxygen atoms in total. The summed E-state index contributed by atoms with van der Waals surface area (Å²) in [5.74, 6) is -1.33. The van der Waals surface area contributed by atoms with E-state index in [1.165, 1.54) is 0 Å². The third-order valence-corrected chi connectivity index (χ3v) is 6.89. The van der Waals surface area contributed by atoms with E-state index in [1.807, 2.05) is 36.2 Å². The highest BCUT2D eigenvalue weighted by Gasteiger charge is 2.61. The standard InChI is InChI=1S/C23H24F3N7/c1-14-11-32(7-5-24)20-18(28-14)3-2-17(30-20)16-4-6-33-19(16)10-27-21(31-33)29-15-8-22(9-15)12-23(25,26)13-22/h2-4,6,10,15H,5,7-9,11-13H2,1H3,(H,29,31). The van der Waals surface area contributed by atoms with Crippen LogP contribution in [0.3, 0.4) is 0 Å². The first-order valence-corrected chi connectivity index (χ1v) is 11.2. The van der Waals surface area contributed by atoms with E-state index in [-0.39, 0.29) is 30.8 Å². The van der Waals surface area contributed by atoms with Crippen LogP contribution in [-0.2, 0) is 0 Å². The summed E-state index contributed by atoms with van der Waals surface area (Å²) >= 11 is 0. The summed E-state index contributed by atoms with van der Waals surface area (Å²) in [7, 11) is 0. The minimum absolute atomic E-state index is 0.000444. The first-order chi connectivity index (χ1) is 15.8. The maximum Gasteiger partial charge on any atom is 0.249 e. The Kier molecular flexibility index (Phi) is 4.44. The summed E-state index contributed by atoms with van der Waals surface area (Å²) in [6, 6.07) is 5.86. The molecule has 0 atom stereocenters. The summed E-state index contributed by atoms with van der Waals surface area (Å²) in [5.41, 5.74) is 3.88. The molecule has 2 saturated carbocycles. The van der Waals surface area contributed by atoms with Crippen molar-refractivity contribution >= 4 is 28.7 Å². The van der Waals surface area contributed by atoms with Gasteiger partial charge in [0.2, 0.25) is 11.9 Å². The van der Waals surface area contributed by atoms with Crippen molar-refractivity contribution in [1.82, 2.24) is 19.6 Å². The van der Waals surface area contributed by atoms with Crippen LogP contribution in [0.15, 0.2) is 35.6 Å². The molecule has 1 spiro atoms. The zero-order valence-electron chi connectivity index (χ0n) is 18.2. The van der Waals surface area contributed by atoms with Gasteiger partial charge in [0.15, 0.2) is 5.82 Å². The Labute approximate surface area is 188 Å². The molecule has 3 aromatic rings. The number of rotatable bonds is 5. The van der Waals surface area contributed by atoms with Crippen LogP contribution in [0.4, 0.5) is 30.6 Å². The molecule has 2 fully saturated rings. The van der Waals surface area contributed by atoms with Gasteiger partial charge in [0.05, 0.1) is 24.0 Å². The molecule has 1 N–H and O–H groups in total. The molecule has 4 heterocycles. The normalized spacial score (nSPS) is 20.8. The molecule has 6 rings (SSSR count). The molecule has 0 amide bonds. The van der Waals surface area contributed by atoms with E-state index in [9.17, 15) is 13.2 Å². The van der Waals surface area contributed by atoms with Crippen LogP contribution in [0.5, 0.6) is 0 Å². The molecule has 33 heavy (non-hydrogen) atoms. The van der Waals surface area contributed by atoms with Crippen molar-refractivity contribution in [3.63, 3.8) is 0 Å². The molecule has 10 heteroatoms. The zero-order valence-corrected chi connectivity index (χ0v) is 18.2. The summed E-state index contributed by atoms with van der Waals surface area (Å²) < 4.78 is 41.2. The molecular formula is C23H24F3N7. The van der Waals surface area contributed by atoms with Crippen LogP contribution in [0.1, 0.15) is 32.6 Å². The van der Waals surface area contributed by atoms with Crippen molar-refractivity contribution in [3.8, 4) is 11.3 Å². The summed E-state index contributed by atoms with van der Waals surface area (Å²) in [5, 5.41) is 7.82. The molecule has 3 aliphatic rings. The van der Waals surface area contributed by atoms with Crippen molar-refractivity contribution in [2.24, 2.45) is 10.4 Å². The average molecular weight is 455 g/mol. The van der Waals surface area contributed by atoms with Gasteiger partial charge in [0.1, 0.15) is 12.4 Å².